The van der Waals surface area contributed by atoms with Gasteiger partial charge in [0.15, 0.2) is 0 Å². The van der Waals surface area contributed by atoms with Crippen molar-refractivity contribution < 1.29 is 4.79 Å². The monoisotopic (exact) mass is 354 g/mol. The highest BCUT2D eigenvalue weighted by Gasteiger charge is 2.29. The summed E-state index contributed by atoms with van der Waals surface area (Å²) in [5, 5.41) is 7.78. The molecule has 2 aromatic heterocycles. The van der Waals surface area contributed by atoms with Crippen LogP contribution in [-0.4, -0.2) is 52.7 Å². The number of aromatic nitrogens is 2. The molecule has 0 radical (unpaired) electrons. The maximum Gasteiger partial charge on any atom is 0.227 e. The third-order valence-corrected chi connectivity index (χ3v) is 5.73. The number of benzene rings is 1. The molecule has 0 saturated heterocycles. The molecule has 0 spiro atoms. The quantitative estimate of drug-likeness (QED) is 0.723. The molecule has 0 fully saturated rings. The maximum atomic E-state index is 13.0. The molecule has 0 N–H and O–H groups in total. The Balaban J connectivity index is 1.54. The van der Waals surface area contributed by atoms with E-state index < -0.39 is 0 Å². The van der Waals surface area contributed by atoms with Crippen molar-refractivity contribution in [3.63, 3.8) is 0 Å². The van der Waals surface area contributed by atoms with Gasteiger partial charge < -0.3 is 9.80 Å². The first kappa shape index (κ1) is 16.3. The van der Waals surface area contributed by atoms with Gasteiger partial charge in [0.05, 0.1) is 24.7 Å². The minimum atomic E-state index is 0.194. The minimum absolute atomic E-state index is 0.194. The van der Waals surface area contributed by atoms with Crippen molar-refractivity contribution in [1.29, 1.82) is 0 Å². The van der Waals surface area contributed by atoms with Gasteiger partial charge in [0.1, 0.15) is 0 Å². The third-order valence-electron chi connectivity index (χ3n) is 4.71. The van der Waals surface area contributed by atoms with Gasteiger partial charge in [-0.1, -0.05) is 18.2 Å². The van der Waals surface area contributed by atoms with Crippen LogP contribution in [0.3, 0.4) is 0 Å². The Hall–Kier alpha value is -2.18. The summed E-state index contributed by atoms with van der Waals surface area (Å²) in [4.78, 5) is 17.1. The molecule has 3 aromatic rings. The van der Waals surface area contributed by atoms with Crippen molar-refractivity contribution in [3.05, 3.63) is 53.2 Å². The van der Waals surface area contributed by atoms with E-state index in [0.717, 1.165) is 17.8 Å². The highest BCUT2D eigenvalue weighted by atomic mass is 32.1. The summed E-state index contributed by atoms with van der Waals surface area (Å²) in [6, 6.07) is 10.5. The SMILES string of the molecule is CN(C)CC1CN(C(=O)Cc2csc3ccccc23)Cc2ccnn21. The zero-order valence-electron chi connectivity index (χ0n) is 14.6. The molecule has 0 saturated carbocycles. The zero-order valence-corrected chi connectivity index (χ0v) is 15.4. The molecule has 1 aliphatic rings. The first-order valence-corrected chi connectivity index (χ1v) is 9.40. The average molecular weight is 354 g/mol. The Kier molecular flexibility index (Phi) is 4.31. The number of thiophene rings is 1. The van der Waals surface area contributed by atoms with Gasteiger partial charge in [-0.05, 0) is 42.6 Å². The number of hydrogen-bond donors (Lipinski definition) is 0. The lowest BCUT2D eigenvalue weighted by atomic mass is 10.1. The summed E-state index contributed by atoms with van der Waals surface area (Å²) >= 11 is 1.71. The standard InChI is InChI=1S/C19H22N4OS/c1-21(2)10-16-12-22(11-15-7-8-20-23(15)16)19(24)9-14-13-25-18-6-4-3-5-17(14)18/h3-8,13,16H,9-12H2,1-2H3. The van der Waals surface area contributed by atoms with Crippen molar-refractivity contribution in [2.75, 3.05) is 27.2 Å². The first-order chi connectivity index (χ1) is 12.1. The summed E-state index contributed by atoms with van der Waals surface area (Å²) in [7, 11) is 4.11. The van der Waals surface area contributed by atoms with Gasteiger partial charge >= 0.3 is 0 Å². The molecule has 0 bridgehead atoms. The number of likely N-dealkylation sites (N-methyl/N-ethyl adjacent to an activating group) is 1. The maximum absolute atomic E-state index is 13.0. The van der Waals surface area contributed by atoms with Gasteiger partial charge in [0.2, 0.25) is 5.91 Å². The minimum Gasteiger partial charge on any atom is -0.334 e. The lowest BCUT2D eigenvalue weighted by Crippen LogP contribution is -2.44. The van der Waals surface area contributed by atoms with E-state index in [0.29, 0.717) is 19.5 Å². The van der Waals surface area contributed by atoms with E-state index in [1.807, 2.05) is 29.3 Å². The van der Waals surface area contributed by atoms with Crippen LogP contribution in [0, 0.1) is 0 Å². The summed E-state index contributed by atoms with van der Waals surface area (Å²) in [5.74, 6) is 0.194. The number of hydrogen-bond acceptors (Lipinski definition) is 4. The molecule has 1 amide bonds. The topological polar surface area (TPSA) is 41.4 Å². The first-order valence-electron chi connectivity index (χ1n) is 8.52. The molecular weight excluding hydrogens is 332 g/mol. The Bertz CT molecular complexity index is 898. The van der Waals surface area contributed by atoms with Gasteiger partial charge in [-0.3, -0.25) is 9.48 Å². The van der Waals surface area contributed by atoms with E-state index in [2.05, 4.69) is 46.3 Å². The van der Waals surface area contributed by atoms with Crippen LogP contribution in [0.25, 0.3) is 10.1 Å². The van der Waals surface area contributed by atoms with E-state index in [-0.39, 0.29) is 11.9 Å². The van der Waals surface area contributed by atoms with Crippen LogP contribution in [0.15, 0.2) is 41.9 Å². The van der Waals surface area contributed by atoms with Crippen LogP contribution in [0.5, 0.6) is 0 Å². The number of carbonyl (C=O) groups excluding carboxylic acids is 1. The lowest BCUT2D eigenvalue weighted by molar-refractivity contribution is -0.132. The van der Waals surface area contributed by atoms with Gasteiger partial charge in [-0.2, -0.15) is 5.10 Å². The van der Waals surface area contributed by atoms with Gasteiger partial charge in [0.25, 0.3) is 0 Å². The second-order valence-electron chi connectivity index (χ2n) is 6.89. The molecule has 5 nitrogen and oxygen atoms in total. The van der Waals surface area contributed by atoms with Crippen molar-refractivity contribution in [2.45, 2.75) is 19.0 Å². The molecular formula is C19H22N4OS. The molecule has 25 heavy (non-hydrogen) atoms. The Morgan fingerprint density at radius 2 is 2.16 bits per heavy atom. The molecule has 0 aliphatic carbocycles. The fourth-order valence-electron chi connectivity index (χ4n) is 3.58. The Labute approximate surface area is 151 Å². The van der Waals surface area contributed by atoms with E-state index in [1.54, 1.807) is 11.3 Å². The van der Waals surface area contributed by atoms with Crippen molar-refractivity contribution in [3.8, 4) is 0 Å². The largest absolute Gasteiger partial charge is 0.334 e. The molecule has 3 heterocycles. The number of fused-ring (bicyclic) bond motifs is 2. The fourth-order valence-corrected chi connectivity index (χ4v) is 4.54. The van der Waals surface area contributed by atoms with Crippen LogP contribution in [-0.2, 0) is 17.8 Å². The molecule has 1 aromatic carbocycles. The molecule has 130 valence electrons. The third kappa shape index (κ3) is 3.19. The van der Waals surface area contributed by atoms with E-state index in [4.69, 9.17) is 0 Å². The Morgan fingerprint density at radius 3 is 3.00 bits per heavy atom. The second-order valence-corrected chi connectivity index (χ2v) is 7.80. The number of carbonyl (C=O) groups is 1. The normalized spacial score (nSPS) is 17.2. The highest BCUT2D eigenvalue weighted by Crippen LogP contribution is 2.27. The van der Waals surface area contributed by atoms with E-state index >= 15 is 0 Å². The average Bonchev–Trinajstić information content (AvgIpc) is 3.21. The predicted molar refractivity (Wildman–Crippen MR) is 101 cm³/mol. The lowest BCUT2D eigenvalue weighted by Gasteiger charge is -2.35. The second kappa shape index (κ2) is 6.61. The summed E-state index contributed by atoms with van der Waals surface area (Å²) in [6.45, 7) is 2.23. The van der Waals surface area contributed by atoms with Crippen molar-refractivity contribution in [2.24, 2.45) is 0 Å². The van der Waals surface area contributed by atoms with Crippen molar-refractivity contribution in [1.82, 2.24) is 19.6 Å². The fraction of sp³-hybridized carbons (Fsp3) is 0.368. The smallest absolute Gasteiger partial charge is 0.227 e. The molecule has 1 unspecified atom stereocenters. The highest BCUT2D eigenvalue weighted by molar-refractivity contribution is 7.17. The van der Waals surface area contributed by atoms with Gasteiger partial charge in [-0.25, -0.2) is 0 Å². The molecule has 6 heteroatoms. The molecule has 1 atom stereocenters. The zero-order chi connectivity index (χ0) is 17.4. The van der Waals surface area contributed by atoms with Crippen LogP contribution in [0.4, 0.5) is 0 Å². The van der Waals surface area contributed by atoms with Crippen LogP contribution < -0.4 is 0 Å². The number of rotatable bonds is 4. The number of nitrogens with zero attached hydrogens (tertiary/aromatic N) is 4. The summed E-state index contributed by atoms with van der Waals surface area (Å²) < 4.78 is 3.32. The molecule has 4 rings (SSSR count). The van der Waals surface area contributed by atoms with Crippen LogP contribution in [0.2, 0.25) is 0 Å². The Morgan fingerprint density at radius 1 is 1.32 bits per heavy atom. The summed E-state index contributed by atoms with van der Waals surface area (Å²) in [6.07, 6.45) is 2.30. The number of amides is 1. The van der Waals surface area contributed by atoms with E-state index in [1.165, 1.54) is 10.1 Å². The van der Waals surface area contributed by atoms with Crippen LogP contribution >= 0.6 is 11.3 Å². The van der Waals surface area contributed by atoms with Crippen molar-refractivity contribution >= 4 is 27.3 Å². The van der Waals surface area contributed by atoms with Gasteiger partial charge in [0, 0.05) is 24.0 Å². The van der Waals surface area contributed by atoms with Crippen LogP contribution in [0.1, 0.15) is 17.3 Å². The molecule has 1 aliphatic heterocycles. The van der Waals surface area contributed by atoms with E-state index in [9.17, 15) is 4.79 Å². The van der Waals surface area contributed by atoms with Gasteiger partial charge in [-0.15, -0.1) is 11.3 Å². The predicted octanol–water partition coefficient (Wildman–Crippen LogP) is 2.79. The summed E-state index contributed by atoms with van der Waals surface area (Å²) in [5.41, 5.74) is 2.25.